The van der Waals surface area contributed by atoms with E-state index in [2.05, 4.69) is 13.8 Å². The van der Waals surface area contributed by atoms with Gasteiger partial charge in [0.25, 0.3) is 0 Å². The predicted octanol–water partition coefficient (Wildman–Crippen LogP) is 1.56. The predicted molar refractivity (Wildman–Crippen MR) is 57.7 cm³/mol. The average Bonchev–Trinajstić information content (AvgIpc) is 2.45. The minimum atomic E-state index is -0.375. The summed E-state index contributed by atoms with van der Waals surface area (Å²) >= 11 is 0. The highest BCUT2D eigenvalue weighted by Crippen LogP contribution is 2.22. The van der Waals surface area contributed by atoms with Crippen LogP contribution in [0.5, 0.6) is 0 Å². The molecular formula is C11H20N2O. The van der Waals surface area contributed by atoms with Crippen LogP contribution in [0, 0.1) is 5.92 Å². The van der Waals surface area contributed by atoms with E-state index >= 15 is 0 Å². The highest BCUT2D eigenvalue weighted by molar-refractivity contribution is 5.17. The zero-order chi connectivity index (χ0) is 10.7. The Morgan fingerprint density at radius 3 is 2.50 bits per heavy atom. The molecule has 0 aliphatic rings. The van der Waals surface area contributed by atoms with E-state index in [1.165, 1.54) is 0 Å². The van der Waals surface area contributed by atoms with E-state index < -0.39 is 0 Å². The summed E-state index contributed by atoms with van der Waals surface area (Å²) in [5.41, 5.74) is 7.58. The Morgan fingerprint density at radius 1 is 1.43 bits per heavy atom. The molecule has 3 N–H and O–H groups in total. The Kier molecular flexibility index (Phi) is 3.72. The van der Waals surface area contributed by atoms with Crippen LogP contribution in [0.2, 0.25) is 0 Å². The lowest BCUT2D eigenvalue weighted by molar-refractivity contribution is 0.143. The van der Waals surface area contributed by atoms with Gasteiger partial charge in [-0.05, 0) is 24.5 Å². The molecule has 0 aliphatic carbocycles. The fraction of sp³-hybridized carbons (Fsp3) is 0.636. The molecule has 3 nitrogen and oxygen atoms in total. The second-order valence-electron chi connectivity index (χ2n) is 4.16. The van der Waals surface area contributed by atoms with Gasteiger partial charge >= 0.3 is 0 Å². The Balaban J connectivity index is 2.79. The Hall–Kier alpha value is -0.800. The van der Waals surface area contributed by atoms with Crippen molar-refractivity contribution in [1.29, 1.82) is 0 Å². The molecule has 14 heavy (non-hydrogen) atoms. The van der Waals surface area contributed by atoms with Crippen molar-refractivity contribution in [3.8, 4) is 0 Å². The van der Waals surface area contributed by atoms with Gasteiger partial charge in [0.05, 0.1) is 6.10 Å². The number of nitrogens with zero attached hydrogens (tertiary/aromatic N) is 1. The molecule has 0 aliphatic heterocycles. The van der Waals surface area contributed by atoms with Gasteiger partial charge in [0.2, 0.25) is 0 Å². The maximum absolute atomic E-state index is 9.92. The molecule has 1 rings (SSSR count). The van der Waals surface area contributed by atoms with Crippen LogP contribution in [0.1, 0.15) is 37.8 Å². The van der Waals surface area contributed by atoms with E-state index in [-0.39, 0.29) is 6.10 Å². The number of aromatic nitrogens is 1. The SMILES string of the molecule is CC(C)CC(O)c1ccc(CN)n1C. The van der Waals surface area contributed by atoms with Gasteiger partial charge < -0.3 is 15.4 Å². The van der Waals surface area contributed by atoms with E-state index in [4.69, 9.17) is 5.73 Å². The monoisotopic (exact) mass is 196 g/mol. The second-order valence-corrected chi connectivity index (χ2v) is 4.16. The van der Waals surface area contributed by atoms with Crippen LogP contribution in [0.3, 0.4) is 0 Å². The van der Waals surface area contributed by atoms with Gasteiger partial charge in [-0.1, -0.05) is 13.8 Å². The standard InChI is InChI=1S/C11H20N2O/c1-8(2)6-11(14)10-5-4-9(7-12)13(10)3/h4-5,8,11,14H,6-7,12H2,1-3H3. The highest BCUT2D eigenvalue weighted by atomic mass is 16.3. The van der Waals surface area contributed by atoms with Gasteiger partial charge in [-0.15, -0.1) is 0 Å². The topological polar surface area (TPSA) is 51.2 Å². The van der Waals surface area contributed by atoms with Crippen molar-refractivity contribution in [2.24, 2.45) is 18.7 Å². The first-order valence-corrected chi connectivity index (χ1v) is 5.08. The lowest BCUT2D eigenvalue weighted by Gasteiger charge is -2.15. The minimum absolute atomic E-state index is 0.375. The van der Waals surface area contributed by atoms with Crippen LogP contribution in [0.15, 0.2) is 12.1 Å². The largest absolute Gasteiger partial charge is 0.387 e. The molecular weight excluding hydrogens is 176 g/mol. The van der Waals surface area contributed by atoms with Gasteiger partial charge in [-0.2, -0.15) is 0 Å². The summed E-state index contributed by atoms with van der Waals surface area (Å²) < 4.78 is 1.98. The molecule has 3 heteroatoms. The Morgan fingerprint density at radius 2 is 2.07 bits per heavy atom. The summed E-state index contributed by atoms with van der Waals surface area (Å²) in [5.74, 6) is 0.501. The molecule has 0 saturated heterocycles. The van der Waals surface area contributed by atoms with Gasteiger partial charge in [0.15, 0.2) is 0 Å². The van der Waals surface area contributed by atoms with Crippen molar-refractivity contribution in [2.75, 3.05) is 0 Å². The molecule has 80 valence electrons. The quantitative estimate of drug-likeness (QED) is 0.768. The summed E-state index contributed by atoms with van der Waals surface area (Å²) in [4.78, 5) is 0. The summed E-state index contributed by atoms with van der Waals surface area (Å²) in [5, 5.41) is 9.92. The summed E-state index contributed by atoms with van der Waals surface area (Å²) in [6, 6.07) is 3.92. The first kappa shape index (κ1) is 11.3. The molecule has 1 aromatic rings. The molecule has 0 aromatic carbocycles. The van der Waals surface area contributed by atoms with Crippen molar-refractivity contribution < 1.29 is 5.11 Å². The third-order valence-electron chi connectivity index (χ3n) is 2.51. The molecule has 0 fully saturated rings. The van der Waals surface area contributed by atoms with Gasteiger partial charge in [-0.3, -0.25) is 0 Å². The maximum atomic E-state index is 9.92. The smallest absolute Gasteiger partial charge is 0.0942 e. The van der Waals surface area contributed by atoms with Crippen molar-refractivity contribution >= 4 is 0 Å². The highest BCUT2D eigenvalue weighted by Gasteiger charge is 2.13. The number of aliphatic hydroxyl groups is 1. The van der Waals surface area contributed by atoms with Crippen molar-refractivity contribution in [3.63, 3.8) is 0 Å². The molecule has 1 unspecified atom stereocenters. The van der Waals surface area contributed by atoms with Crippen LogP contribution in [0.4, 0.5) is 0 Å². The molecule has 1 aromatic heterocycles. The lowest BCUT2D eigenvalue weighted by atomic mass is 10.0. The van der Waals surface area contributed by atoms with Crippen LogP contribution in [-0.4, -0.2) is 9.67 Å². The minimum Gasteiger partial charge on any atom is -0.387 e. The van der Waals surface area contributed by atoms with Crippen LogP contribution < -0.4 is 5.73 Å². The van der Waals surface area contributed by atoms with Crippen molar-refractivity contribution in [3.05, 3.63) is 23.5 Å². The molecule has 1 heterocycles. The van der Waals surface area contributed by atoms with Gasteiger partial charge in [0.1, 0.15) is 0 Å². The summed E-state index contributed by atoms with van der Waals surface area (Å²) in [7, 11) is 1.95. The Bertz CT molecular complexity index is 291. The third-order valence-corrected chi connectivity index (χ3v) is 2.51. The van der Waals surface area contributed by atoms with E-state index in [0.717, 1.165) is 17.8 Å². The van der Waals surface area contributed by atoms with E-state index in [1.807, 2.05) is 23.7 Å². The van der Waals surface area contributed by atoms with E-state index in [9.17, 15) is 5.11 Å². The molecule has 0 bridgehead atoms. The summed E-state index contributed by atoms with van der Waals surface area (Å²) in [6.07, 6.45) is 0.419. The first-order valence-electron chi connectivity index (χ1n) is 5.08. The molecule has 0 amide bonds. The van der Waals surface area contributed by atoms with Gasteiger partial charge in [-0.25, -0.2) is 0 Å². The van der Waals surface area contributed by atoms with Crippen molar-refractivity contribution in [2.45, 2.75) is 32.9 Å². The number of hydrogen-bond donors (Lipinski definition) is 2. The van der Waals surface area contributed by atoms with Crippen molar-refractivity contribution in [1.82, 2.24) is 4.57 Å². The molecule has 0 spiro atoms. The third kappa shape index (κ3) is 2.36. The van der Waals surface area contributed by atoms with Crippen LogP contribution >= 0.6 is 0 Å². The van der Waals surface area contributed by atoms with Crippen LogP contribution in [-0.2, 0) is 13.6 Å². The number of aliphatic hydroxyl groups excluding tert-OH is 1. The molecule has 0 radical (unpaired) electrons. The number of rotatable bonds is 4. The number of hydrogen-bond acceptors (Lipinski definition) is 2. The molecule has 1 atom stereocenters. The van der Waals surface area contributed by atoms with E-state index in [1.54, 1.807) is 0 Å². The second kappa shape index (κ2) is 4.62. The van der Waals surface area contributed by atoms with Crippen LogP contribution in [0.25, 0.3) is 0 Å². The Labute approximate surface area is 85.5 Å². The zero-order valence-electron chi connectivity index (χ0n) is 9.20. The fourth-order valence-electron chi connectivity index (χ4n) is 1.68. The maximum Gasteiger partial charge on any atom is 0.0942 e. The number of nitrogens with two attached hydrogens (primary N) is 1. The summed E-state index contributed by atoms with van der Waals surface area (Å²) in [6.45, 7) is 4.73. The zero-order valence-corrected chi connectivity index (χ0v) is 9.20. The molecule has 0 saturated carbocycles. The fourth-order valence-corrected chi connectivity index (χ4v) is 1.68. The average molecular weight is 196 g/mol. The lowest BCUT2D eigenvalue weighted by Crippen LogP contribution is -2.10. The first-order chi connectivity index (χ1) is 6.56. The normalized spacial score (nSPS) is 13.6. The van der Waals surface area contributed by atoms with E-state index in [0.29, 0.717) is 12.5 Å². The van der Waals surface area contributed by atoms with Gasteiger partial charge in [0, 0.05) is 25.0 Å².